The van der Waals surface area contributed by atoms with Crippen LogP contribution in [0.4, 0.5) is 5.13 Å². The summed E-state index contributed by atoms with van der Waals surface area (Å²) in [6.45, 7) is 8.35. The van der Waals surface area contributed by atoms with Gasteiger partial charge in [-0.3, -0.25) is 0 Å². The summed E-state index contributed by atoms with van der Waals surface area (Å²) in [5, 5.41) is 4.58. The molecular formula is C15H25N3OS. The molecule has 1 aliphatic heterocycles. The van der Waals surface area contributed by atoms with Crippen molar-refractivity contribution in [3.8, 4) is 0 Å². The Hall–Kier alpha value is -0.650. The first-order valence-corrected chi connectivity index (χ1v) is 8.40. The van der Waals surface area contributed by atoms with Crippen LogP contribution >= 0.6 is 11.3 Å². The maximum Gasteiger partial charge on any atom is 0.186 e. The molecule has 0 bridgehead atoms. The monoisotopic (exact) mass is 295 g/mol. The van der Waals surface area contributed by atoms with E-state index in [0.29, 0.717) is 6.04 Å². The van der Waals surface area contributed by atoms with E-state index in [1.165, 1.54) is 35.0 Å². The molecule has 0 saturated carbocycles. The fourth-order valence-corrected chi connectivity index (χ4v) is 4.59. The number of hydrogen-bond donors (Lipinski definition) is 1. The van der Waals surface area contributed by atoms with E-state index in [1.807, 2.05) is 18.4 Å². The van der Waals surface area contributed by atoms with Crippen molar-refractivity contribution in [3.63, 3.8) is 0 Å². The maximum atomic E-state index is 5.99. The van der Waals surface area contributed by atoms with Crippen LogP contribution in [0.2, 0.25) is 0 Å². The van der Waals surface area contributed by atoms with Gasteiger partial charge in [-0.25, -0.2) is 4.98 Å². The Balaban J connectivity index is 1.86. The molecule has 1 aromatic heterocycles. The number of aryl methyl sites for hydroxylation is 1. The summed E-state index contributed by atoms with van der Waals surface area (Å²) in [6.07, 6.45) is 3.93. The first-order valence-electron chi connectivity index (χ1n) is 7.58. The summed E-state index contributed by atoms with van der Waals surface area (Å²) < 4.78 is 5.99. The number of nitrogens with one attached hydrogen (secondary N) is 1. The number of aromatic nitrogens is 1. The number of thiazole rings is 1. The van der Waals surface area contributed by atoms with Crippen LogP contribution < -0.4 is 10.2 Å². The molecule has 0 amide bonds. The molecule has 1 fully saturated rings. The first kappa shape index (κ1) is 14.3. The number of fused-ring (bicyclic) bond motifs is 1. The second kappa shape index (κ2) is 5.28. The van der Waals surface area contributed by atoms with Gasteiger partial charge in [0.1, 0.15) is 0 Å². The van der Waals surface area contributed by atoms with Gasteiger partial charge in [0.15, 0.2) is 5.13 Å². The van der Waals surface area contributed by atoms with E-state index < -0.39 is 0 Å². The topological polar surface area (TPSA) is 37.4 Å². The highest BCUT2D eigenvalue weighted by molar-refractivity contribution is 7.15. The molecule has 2 aliphatic rings. The molecule has 1 saturated heterocycles. The SMILES string of the molecule is CNC1CCCc2sc(N3CC(C)OC(C)(C)C3)nc21. The molecule has 112 valence electrons. The van der Waals surface area contributed by atoms with Crippen molar-refractivity contribution in [1.82, 2.24) is 10.3 Å². The minimum absolute atomic E-state index is 0.0910. The molecule has 0 radical (unpaired) electrons. The summed E-state index contributed by atoms with van der Waals surface area (Å²) in [5.41, 5.74) is 1.20. The predicted octanol–water partition coefficient (Wildman–Crippen LogP) is 2.74. The van der Waals surface area contributed by atoms with Gasteiger partial charge in [0.2, 0.25) is 0 Å². The molecule has 0 aromatic carbocycles. The molecule has 2 heterocycles. The summed E-state index contributed by atoms with van der Waals surface area (Å²) in [7, 11) is 2.04. The van der Waals surface area contributed by atoms with Gasteiger partial charge in [-0.15, -0.1) is 11.3 Å². The average Bonchev–Trinajstić information content (AvgIpc) is 2.79. The lowest BCUT2D eigenvalue weighted by Gasteiger charge is -2.41. The molecule has 3 rings (SSSR count). The largest absolute Gasteiger partial charge is 0.369 e. The lowest BCUT2D eigenvalue weighted by molar-refractivity contribution is -0.0749. The van der Waals surface area contributed by atoms with Gasteiger partial charge in [0, 0.05) is 18.0 Å². The van der Waals surface area contributed by atoms with Gasteiger partial charge in [-0.2, -0.15) is 0 Å². The van der Waals surface area contributed by atoms with Crippen LogP contribution in [0.1, 0.15) is 50.2 Å². The van der Waals surface area contributed by atoms with Crippen LogP contribution in [0, 0.1) is 0 Å². The zero-order chi connectivity index (χ0) is 14.3. The van der Waals surface area contributed by atoms with Crippen LogP contribution in [-0.4, -0.2) is 36.8 Å². The summed E-state index contributed by atoms with van der Waals surface area (Å²) in [4.78, 5) is 8.83. The fraction of sp³-hybridized carbons (Fsp3) is 0.800. The lowest BCUT2D eigenvalue weighted by atomic mass is 9.98. The van der Waals surface area contributed by atoms with Crippen molar-refractivity contribution in [2.45, 2.75) is 57.8 Å². The molecule has 20 heavy (non-hydrogen) atoms. The molecular weight excluding hydrogens is 270 g/mol. The molecule has 1 N–H and O–H groups in total. The summed E-state index contributed by atoms with van der Waals surface area (Å²) in [6, 6.07) is 0.440. The summed E-state index contributed by atoms with van der Waals surface area (Å²) >= 11 is 1.88. The van der Waals surface area contributed by atoms with E-state index in [-0.39, 0.29) is 11.7 Å². The number of rotatable bonds is 2. The first-order chi connectivity index (χ1) is 9.48. The van der Waals surface area contributed by atoms with Crippen molar-refractivity contribution in [1.29, 1.82) is 0 Å². The van der Waals surface area contributed by atoms with Gasteiger partial charge in [-0.05, 0) is 47.1 Å². The zero-order valence-corrected chi connectivity index (χ0v) is 13.7. The van der Waals surface area contributed by atoms with Crippen molar-refractivity contribution in [2.24, 2.45) is 0 Å². The highest BCUT2D eigenvalue weighted by Crippen LogP contribution is 2.38. The normalized spacial score (nSPS) is 29.3. The second-order valence-corrected chi connectivity index (χ2v) is 7.67. The Morgan fingerprint density at radius 3 is 2.95 bits per heavy atom. The van der Waals surface area contributed by atoms with Crippen LogP contribution in [0.3, 0.4) is 0 Å². The van der Waals surface area contributed by atoms with Gasteiger partial charge >= 0.3 is 0 Å². The van der Waals surface area contributed by atoms with Crippen molar-refractivity contribution >= 4 is 16.5 Å². The molecule has 0 spiro atoms. The quantitative estimate of drug-likeness (QED) is 0.910. The third-order valence-electron chi connectivity index (χ3n) is 4.13. The maximum absolute atomic E-state index is 5.99. The molecule has 2 atom stereocenters. The Morgan fingerprint density at radius 1 is 1.45 bits per heavy atom. The standard InChI is InChI=1S/C15H25N3OS/c1-10-8-18(9-15(2,3)19-10)14-17-13-11(16-4)6-5-7-12(13)20-14/h10-11,16H,5-9H2,1-4H3. The zero-order valence-electron chi connectivity index (χ0n) is 12.9. The number of nitrogens with zero attached hydrogens (tertiary/aromatic N) is 2. The highest BCUT2D eigenvalue weighted by atomic mass is 32.1. The molecule has 1 aromatic rings. The van der Waals surface area contributed by atoms with Gasteiger partial charge < -0.3 is 15.0 Å². The van der Waals surface area contributed by atoms with E-state index in [1.54, 1.807) is 0 Å². The Morgan fingerprint density at radius 2 is 2.25 bits per heavy atom. The van der Waals surface area contributed by atoms with Crippen LogP contribution in [-0.2, 0) is 11.2 Å². The Bertz CT molecular complexity index is 485. The molecule has 5 heteroatoms. The minimum atomic E-state index is -0.0910. The number of ether oxygens (including phenoxy) is 1. The van der Waals surface area contributed by atoms with Crippen molar-refractivity contribution in [3.05, 3.63) is 10.6 Å². The van der Waals surface area contributed by atoms with E-state index in [9.17, 15) is 0 Å². The van der Waals surface area contributed by atoms with E-state index in [4.69, 9.17) is 9.72 Å². The number of hydrogen-bond acceptors (Lipinski definition) is 5. The molecule has 2 unspecified atom stereocenters. The Kier molecular flexibility index (Phi) is 3.77. The third-order valence-corrected chi connectivity index (χ3v) is 5.32. The van der Waals surface area contributed by atoms with Gasteiger partial charge in [0.05, 0.1) is 23.4 Å². The minimum Gasteiger partial charge on any atom is -0.369 e. The fourth-order valence-electron chi connectivity index (χ4n) is 3.42. The summed E-state index contributed by atoms with van der Waals surface area (Å²) in [5.74, 6) is 0. The Labute approximate surface area is 125 Å². The second-order valence-electron chi connectivity index (χ2n) is 6.61. The van der Waals surface area contributed by atoms with E-state index >= 15 is 0 Å². The van der Waals surface area contributed by atoms with Crippen LogP contribution in [0.5, 0.6) is 0 Å². The molecule has 1 aliphatic carbocycles. The number of morpholine rings is 1. The van der Waals surface area contributed by atoms with Gasteiger partial charge in [0.25, 0.3) is 0 Å². The lowest BCUT2D eigenvalue weighted by Crippen LogP contribution is -2.52. The third kappa shape index (κ3) is 2.71. The van der Waals surface area contributed by atoms with Gasteiger partial charge in [-0.1, -0.05) is 0 Å². The van der Waals surface area contributed by atoms with Crippen molar-refractivity contribution < 1.29 is 4.74 Å². The van der Waals surface area contributed by atoms with Crippen LogP contribution in [0.15, 0.2) is 0 Å². The number of anilines is 1. The van der Waals surface area contributed by atoms with Crippen molar-refractivity contribution in [2.75, 3.05) is 25.0 Å². The van der Waals surface area contributed by atoms with E-state index in [2.05, 4.69) is 31.0 Å². The van der Waals surface area contributed by atoms with E-state index in [0.717, 1.165) is 13.1 Å². The van der Waals surface area contributed by atoms with Crippen LogP contribution in [0.25, 0.3) is 0 Å². The highest BCUT2D eigenvalue weighted by Gasteiger charge is 2.34. The molecule has 4 nitrogen and oxygen atoms in total. The smallest absolute Gasteiger partial charge is 0.186 e. The predicted molar refractivity (Wildman–Crippen MR) is 83.7 cm³/mol. The average molecular weight is 295 g/mol.